The summed E-state index contributed by atoms with van der Waals surface area (Å²) in [5.74, 6) is 0.647. The van der Waals surface area contributed by atoms with Crippen molar-refractivity contribution in [1.82, 2.24) is 9.80 Å². The fourth-order valence-electron chi connectivity index (χ4n) is 2.52. The van der Waals surface area contributed by atoms with Gasteiger partial charge in [-0.15, -0.1) is 12.4 Å². The Morgan fingerprint density at radius 2 is 1.87 bits per heavy atom. The molecule has 88 valence electrons. The Morgan fingerprint density at radius 3 is 2.40 bits per heavy atom. The molecule has 4 heteroatoms. The van der Waals surface area contributed by atoms with Crippen molar-refractivity contribution in [1.29, 1.82) is 0 Å². The van der Waals surface area contributed by atoms with Gasteiger partial charge in [0.25, 0.3) is 0 Å². The molecule has 0 saturated carbocycles. The number of hydrogen-bond donors (Lipinski definition) is 0. The minimum absolute atomic E-state index is 0. The number of likely N-dealkylation sites (tertiary alicyclic amines) is 2. The van der Waals surface area contributed by atoms with Gasteiger partial charge in [-0.25, -0.2) is 0 Å². The Balaban J connectivity index is 0.00000112. The van der Waals surface area contributed by atoms with E-state index in [0.29, 0.717) is 5.91 Å². The number of carbonyl (C=O) groups is 1. The van der Waals surface area contributed by atoms with Gasteiger partial charge in [-0.2, -0.15) is 0 Å². The summed E-state index contributed by atoms with van der Waals surface area (Å²) in [5.41, 5.74) is 0. The van der Waals surface area contributed by atoms with Crippen LogP contribution in [0.5, 0.6) is 0 Å². The lowest BCUT2D eigenvalue weighted by molar-refractivity contribution is -0.130. The van der Waals surface area contributed by atoms with Gasteiger partial charge in [0.2, 0.25) is 5.91 Å². The van der Waals surface area contributed by atoms with Gasteiger partial charge in [0.1, 0.15) is 0 Å². The van der Waals surface area contributed by atoms with Crippen LogP contribution in [-0.2, 0) is 4.79 Å². The molecule has 0 N–H and O–H groups in total. The number of carbonyl (C=O) groups excluding carboxylic acids is 1. The molecule has 2 aliphatic rings. The first-order chi connectivity index (χ1) is 6.77. The van der Waals surface area contributed by atoms with Crippen molar-refractivity contribution in [2.75, 3.05) is 33.2 Å². The first kappa shape index (κ1) is 12.8. The van der Waals surface area contributed by atoms with Gasteiger partial charge in [0.05, 0.1) is 5.92 Å². The molecule has 2 saturated heterocycles. The highest BCUT2D eigenvalue weighted by Gasteiger charge is 2.30. The first-order valence-corrected chi connectivity index (χ1v) is 5.75. The maximum absolute atomic E-state index is 11.7. The van der Waals surface area contributed by atoms with Crippen LogP contribution in [0.25, 0.3) is 0 Å². The summed E-state index contributed by atoms with van der Waals surface area (Å²) in [6.45, 7) is 4.36. The highest BCUT2D eigenvalue weighted by Crippen LogP contribution is 2.19. The third kappa shape index (κ3) is 3.08. The van der Waals surface area contributed by atoms with Crippen molar-refractivity contribution < 1.29 is 4.79 Å². The van der Waals surface area contributed by atoms with E-state index in [4.69, 9.17) is 0 Å². The maximum Gasteiger partial charge on any atom is 0.226 e. The van der Waals surface area contributed by atoms with E-state index in [9.17, 15) is 4.79 Å². The van der Waals surface area contributed by atoms with Gasteiger partial charge in [-0.3, -0.25) is 4.79 Å². The summed E-state index contributed by atoms with van der Waals surface area (Å²) < 4.78 is 0. The second-order valence-electron chi connectivity index (χ2n) is 4.61. The first-order valence-electron chi connectivity index (χ1n) is 5.75. The third-order valence-electron chi connectivity index (χ3n) is 3.47. The fourth-order valence-corrected chi connectivity index (χ4v) is 2.52. The van der Waals surface area contributed by atoms with Gasteiger partial charge in [0, 0.05) is 20.1 Å². The van der Waals surface area contributed by atoms with Crippen molar-refractivity contribution in [3.63, 3.8) is 0 Å². The van der Waals surface area contributed by atoms with E-state index in [1.165, 1.54) is 32.4 Å². The molecule has 1 atom stereocenters. The van der Waals surface area contributed by atoms with Crippen LogP contribution in [0.15, 0.2) is 0 Å². The second-order valence-corrected chi connectivity index (χ2v) is 4.61. The summed E-state index contributed by atoms with van der Waals surface area (Å²) in [5, 5.41) is 0. The van der Waals surface area contributed by atoms with E-state index in [-0.39, 0.29) is 18.3 Å². The number of halogens is 1. The monoisotopic (exact) mass is 232 g/mol. The number of piperidine rings is 1. The van der Waals surface area contributed by atoms with Gasteiger partial charge in [0.15, 0.2) is 0 Å². The average molecular weight is 233 g/mol. The number of hydrogen-bond acceptors (Lipinski definition) is 2. The van der Waals surface area contributed by atoms with Crippen LogP contribution in [0.1, 0.15) is 25.7 Å². The molecule has 0 bridgehead atoms. The summed E-state index contributed by atoms with van der Waals surface area (Å²) in [6.07, 6.45) is 5.06. The van der Waals surface area contributed by atoms with Crippen LogP contribution in [0.3, 0.4) is 0 Å². The van der Waals surface area contributed by atoms with Gasteiger partial charge in [-0.05, 0) is 32.4 Å². The van der Waals surface area contributed by atoms with Crippen LogP contribution in [-0.4, -0.2) is 48.9 Å². The minimum atomic E-state index is 0. The SMILES string of the molecule is CN1CCC(CN2CCCCC2)C1=O.Cl. The molecule has 2 rings (SSSR count). The lowest BCUT2D eigenvalue weighted by atomic mass is 10.1. The summed E-state index contributed by atoms with van der Waals surface area (Å²) in [7, 11) is 1.92. The predicted octanol–water partition coefficient (Wildman–Crippen LogP) is 1.37. The van der Waals surface area contributed by atoms with E-state index >= 15 is 0 Å². The largest absolute Gasteiger partial charge is 0.345 e. The molecule has 2 aliphatic heterocycles. The van der Waals surface area contributed by atoms with Crippen molar-refractivity contribution in [3.05, 3.63) is 0 Å². The molecular weight excluding hydrogens is 212 g/mol. The van der Waals surface area contributed by atoms with Crippen LogP contribution >= 0.6 is 12.4 Å². The van der Waals surface area contributed by atoms with Crippen LogP contribution in [0, 0.1) is 5.92 Å². The molecule has 0 aromatic rings. The normalized spacial score (nSPS) is 27.9. The van der Waals surface area contributed by atoms with Gasteiger partial charge >= 0.3 is 0 Å². The molecule has 2 heterocycles. The zero-order valence-corrected chi connectivity index (χ0v) is 10.3. The molecule has 2 fully saturated rings. The van der Waals surface area contributed by atoms with E-state index in [2.05, 4.69) is 4.90 Å². The number of nitrogens with zero attached hydrogens (tertiary/aromatic N) is 2. The van der Waals surface area contributed by atoms with Crippen molar-refractivity contribution in [2.24, 2.45) is 5.92 Å². The van der Waals surface area contributed by atoms with Crippen LogP contribution in [0.4, 0.5) is 0 Å². The zero-order chi connectivity index (χ0) is 9.97. The van der Waals surface area contributed by atoms with E-state index < -0.39 is 0 Å². The highest BCUT2D eigenvalue weighted by molar-refractivity contribution is 5.85. The fraction of sp³-hybridized carbons (Fsp3) is 0.909. The Hall–Kier alpha value is -0.280. The number of amides is 1. The van der Waals surface area contributed by atoms with Crippen LogP contribution in [0.2, 0.25) is 0 Å². The smallest absolute Gasteiger partial charge is 0.226 e. The molecule has 0 aromatic carbocycles. The van der Waals surface area contributed by atoms with Crippen molar-refractivity contribution >= 4 is 18.3 Å². The topological polar surface area (TPSA) is 23.6 Å². The predicted molar refractivity (Wildman–Crippen MR) is 63.3 cm³/mol. The second kappa shape index (κ2) is 5.71. The molecular formula is C11H21ClN2O. The lowest BCUT2D eigenvalue weighted by Gasteiger charge is -2.28. The van der Waals surface area contributed by atoms with E-state index in [0.717, 1.165) is 19.5 Å². The standard InChI is InChI=1S/C11H20N2O.ClH/c1-12-8-5-10(11(12)14)9-13-6-3-2-4-7-13;/h10H,2-9H2,1H3;1H. The lowest BCUT2D eigenvalue weighted by Crippen LogP contribution is -2.36. The third-order valence-corrected chi connectivity index (χ3v) is 3.47. The van der Waals surface area contributed by atoms with Gasteiger partial charge in [-0.1, -0.05) is 6.42 Å². The zero-order valence-electron chi connectivity index (χ0n) is 9.45. The average Bonchev–Trinajstić information content (AvgIpc) is 2.52. The molecule has 15 heavy (non-hydrogen) atoms. The van der Waals surface area contributed by atoms with Crippen molar-refractivity contribution in [3.8, 4) is 0 Å². The Morgan fingerprint density at radius 1 is 1.20 bits per heavy atom. The Bertz CT molecular complexity index is 217. The molecule has 0 aliphatic carbocycles. The summed E-state index contributed by atoms with van der Waals surface area (Å²) >= 11 is 0. The molecule has 0 aromatic heterocycles. The molecule has 0 radical (unpaired) electrons. The molecule has 0 spiro atoms. The number of rotatable bonds is 2. The van der Waals surface area contributed by atoms with E-state index in [1.54, 1.807) is 0 Å². The minimum Gasteiger partial charge on any atom is -0.345 e. The summed E-state index contributed by atoms with van der Waals surface area (Å²) in [6, 6.07) is 0. The summed E-state index contributed by atoms with van der Waals surface area (Å²) in [4.78, 5) is 16.0. The highest BCUT2D eigenvalue weighted by atomic mass is 35.5. The van der Waals surface area contributed by atoms with Crippen LogP contribution < -0.4 is 0 Å². The molecule has 3 nitrogen and oxygen atoms in total. The Labute approximate surface area is 98.2 Å². The van der Waals surface area contributed by atoms with Gasteiger partial charge < -0.3 is 9.80 Å². The van der Waals surface area contributed by atoms with E-state index in [1.807, 2.05) is 11.9 Å². The van der Waals surface area contributed by atoms with Crippen molar-refractivity contribution in [2.45, 2.75) is 25.7 Å². The quantitative estimate of drug-likeness (QED) is 0.718. The maximum atomic E-state index is 11.7. The molecule has 1 unspecified atom stereocenters. The molecule has 1 amide bonds. The Kier molecular flexibility index (Phi) is 4.87.